The number of benzene rings is 1. The third-order valence-electron chi connectivity index (χ3n) is 1.96. The van der Waals surface area contributed by atoms with E-state index in [9.17, 15) is 13.6 Å². The van der Waals surface area contributed by atoms with Gasteiger partial charge in [-0.1, -0.05) is 6.07 Å². The molecule has 1 N–H and O–H groups in total. The number of ether oxygens (including phenoxy) is 1. The summed E-state index contributed by atoms with van der Waals surface area (Å²) < 4.78 is 28.3. The summed E-state index contributed by atoms with van der Waals surface area (Å²) in [5.74, 6) is -0.107. The highest BCUT2D eigenvalue weighted by Gasteiger charge is 2.10. The van der Waals surface area contributed by atoms with Crippen LogP contribution in [0.3, 0.4) is 0 Å². The number of pyridine rings is 1. The molecule has 1 aromatic carbocycles. The zero-order valence-corrected chi connectivity index (χ0v) is 7.54. The first-order valence-corrected chi connectivity index (χ1v) is 4.24. The molecule has 3 nitrogen and oxygen atoms in total. The van der Waals surface area contributed by atoms with Gasteiger partial charge in [-0.15, -0.1) is 0 Å². The molecule has 0 spiro atoms. The smallest absolute Gasteiger partial charge is 0.387 e. The Bertz CT molecular complexity index is 531. The third-order valence-corrected chi connectivity index (χ3v) is 1.96. The first kappa shape index (κ1) is 9.64. The van der Waals surface area contributed by atoms with Crippen molar-refractivity contribution < 1.29 is 13.5 Å². The summed E-state index contributed by atoms with van der Waals surface area (Å²) in [6.45, 7) is -2.93. The lowest BCUT2D eigenvalue weighted by atomic mass is 10.2. The summed E-state index contributed by atoms with van der Waals surface area (Å²) in [4.78, 5) is 14.2. The fraction of sp³-hybridized carbons (Fsp3) is 0.100. The van der Waals surface area contributed by atoms with Crippen molar-refractivity contribution in [3.63, 3.8) is 0 Å². The van der Waals surface area contributed by atoms with Crippen molar-refractivity contribution in [1.29, 1.82) is 0 Å². The fourth-order valence-electron chi connectivity index (χ4n) is 1.39. The Morgan fingerprint density at radius 2 is 2.07 bits per heavy atom. The van der Waals surface area contributed by atoms with Gasteiger partial charge in [-0.25, -0.2) is 0 Å². The van der Waals surface area contributed by atoms with Gasteiger partial charge in [0.05, 0.1) is 10.9 Å². The normalized spacial score (nSPS) is 10.9. The number of H-pyrrole nitrogens is 1. The van der Waals surface area contributed by atoms with E-state index in [0.29, 0.717) is 5.52 Å². The number of halogens is 2. The molecule has 0 unspecified atom stereocenters. The molecule has 5 heteroatoms. The summed E-state index contributed by atoms with van der Waals surface area (Å²) in [5.41, 5.74) is 0.126. The minimum atomic E-state index is -2.93. The Labute approximate surface area is 83.3 Å². The molecule has 0 radical (unpaired) electrons. The molecule has 0 atom stereocenters. The predicted octanol–water partition coefficient (Wildman–Crippen LogP) is 2.13. The van der Waals surface area contributed by atoms with Gasteiger partial charge in [0.15, 0.2) is 5.43 Å². The molecule has 0 fully saturated rings. The Morgan fingerprint density at radius 1 is 1.27 bits per heavy atom. The van der Waals surface area contributed by atoms with Gasteiger partial charge in [0, 0.05) is 12.3 Å². The van der Waals surface area contributed by atoms with E-state index in [4.69, 9.17) is 0 Å². The standard InChI is InChI=1S/C10H7F2NO2/c11-10(12)15-8-3-1-2-6-9(8)7(14)4-5-13-6/h1-5,10H,(H,13,14). The predicted molar refractivity (Wildman–Crippen MR) is 51.2 cm³/mol. The number of aromatic nitrogens is 1. The number of nitrogens with one attached hydrogen (secondary N) is 1. The molecule has 1 heterocycles. The SMILES string of the molecule is O=c1cc[nH]c2cccc(OC(F)F)c12. The van der Waals surface area contributed by atoms with Crippen molar-refractivity contribution in [2.45, 2.75) is 6.61 Å². The van der Waals surface area contributed by atoms with Crippen molar-refractivity contribution in [3.05, 3.63) is 40.7 Å². The summed E-state index contributed by atoms with van der Waals surface area (Å²) in [6, 6.07) is 5.76. The molecular formula is C10H7F2NO2. The monoisotopic (exact) mass is 211 g/mol. The van der Waals surface area contributed by atoms with E-state index in [2.05, 4.69) is 9.72 Å². The highest BCUT2D eigenvalue weighted by Crippen LogP contribution is 2.22. The Morgan fingerprint density at radius 3 is 2.80 bits per heavy atom. The topological polar surface area (TPSA) is 42.1 Å². The van der Waals surface area contributed by atoms with Crippen LogP contribution in [0.1, 0.15) is 0 Å². The van der Waals surface area contributed by atoms with Gasteiger partial charge in [0.1, 0.15) is 5.75 Å². The molecule has 0 aliphatic heterocycles. The second kappa shape index (κ2) is 3.68. The van der Waals surface area contributed by atoms with Crippen molar-refractivity contribution in [1.82, 2.24) is 4.98 Å². The molecule has 0 aliphatic rings. The number of hydrogen-bond acceptors (Lipinski definition) is 2. The Hall–Kier alpha value is -1.91. The second-order valence-corrected chi connectivity index (χ2v) is 2.90. The lowest BCUT2D eigenvalue weighted by molar-refractivity contribution is -0.0488. The molecule has 2 rings (SSSR count). The first-order valence-electron chi connectivity index (χ1n) is 4.24. The highest BCUT2D eigenvalue weighted by molar-refractivity contribution is 5.84. The average molecular weight is 211 g/mol. The lowest BCUT2D eigenvalue weighted by Gasteiger charge is -2.06. The zero-order chi connectivity index (χ0) is 10.8. The van der Waals surface area contributed by atoms with E-state index in [-0.39, 0.29) is 16.6 Å². The number of fused-ring (bicyclic) bond motifs is 1. The van der Waals surface area contributed by atoms with Crippen LogP contribution in [0, 0.1) is 0 Å². The van der Waals surface area contributed by atoms with E-state index in [1.807, 2.05) is 0 Å². The van der Waals surface area contributed by atoms with Crippen LogP contribution in [-0.2, 0) is 0 Å². The van der Waals surface area contributed by atoms with Crippen LogP contribution in [0.4, 0.5) is 8.78 Å². The van der Waals surface area contributed by atoms with E-state index < -0.39 is 6.61 Å². The average Bonchev–Trinajstić information content (AvgIpc) is 2.17. The molecular weight excluding hydrogens is 204 g/mol. The largest absolute Gasteiger partial charge is 0.434 e. The first-order chi connectivity index (χ1) is 7.18. The molecule has 2 aromatic rings. The van der Waals surface area contributed by atoms with Crippen LogP contribution >= 0.6 is 0 Å². The van der Waals surface area contributed by atoms with Crippen molar-refractivity contribution in [2.24, 2.45) is 0 Å². The molecule has 0 aliphatic carbocycles. The van der Waals surface area contributed by atoms with Gasteiger partial charge in [-0.3, -0.25) is 4.79 Å². The van der Waals surface area contributed by atoms with Crippen LogP contribution < -0.4 is 10.2 Å². The van der Waals surface area contributed by atoms with Crippen LogP contribution in [0.2, 0.25) is 0 Å². The maximum Gasteiger partial charge on any atom is 0.387 e. The van der Waals surface area contributed by atoms with Crippen molar-refractivity contribution in [2.75, 3.05) is 0 Å². The van der Waals surface area contributed by atoms with Gasteiger partial charge in [0.25, 0.3) is 0 Å². The van der Waals surface area contributed by atoms with E-state index in [0.717, 1.165) is 0 Å². The minimum Gasteiger partial charge on any atom is -0.434 e. The van der Waals surface area contributed by atoms with E-state index >= 15 is 0 Å². The van der Waals surface area contributed by atoms with Crippen molar-refractivity contribution >= 4 is 10.9 Å². The molecule has 0 bridgehead atoms. The van der Waals surface area contributed by atoms with Crippen molar-refractivity contribution in [3.8, 4) is 5.75 Å². The van der Waals surface area contributed by atoms with Gasteiger partial charge in [-0.2, -0.15) is 8.78 Å². The molecule has 78 valence electrons. The quantitative estimate of drug-likeness (QED) is 0.826. The summed E-state index contributed by atoms with van der Waals surface area (Å²) in [6.07, 6.45) is 1.46. The lowest BCUT2D eigenvalue weighted by Crippen LogP contribution is -2.07. The zero-order valence-electron chi connectivity index (χ0n) is 7.54. The number of aromatic amines is 1. The summed E-state index contributed by atoms with van der Waals surface area (Å²) >= 11 is 0. The van der Waals surface area contributed by atoms with E-state index in [1.165, 1.54) is 24.4 Å². The number of alkyl halides is 2. The molecule has 1 aromatic heterocycles. The fourth-order valence-corrected chi connectivity index (χ4v) is 1.39. The molecule has 15 heavy (non-hydrogen) atoms. The minimum absolute atomic E-state index is 0.107. The summed E-state index contributed by atoms with van der Waals surface area (Å²) in [7, 11) is 0. The van der Waals surface area contributed by atoms with Crippen LogP contribution in [0.5, 0.6) is 5.75 Å². The van der Waals surface area contributed by atoms with Gasteiger partial charge in [-0.05, 0) is 12.1 Å². The van der Waals surface area contributed by atoms with E-state index in [1.54, 1.807) is 6.07 Å². The van der Waals surface area contributed by atoms with Gasteiger partial charge in [0.2, 0.25) is 0 Å². The second-order valence-electron chi connectivity index (χ2n) is 2.90. The maximum atomic E-state index is 12.0. The summed E-state index contributed by atoms with van der Waals surface area (Å²) in [5, 5.41) is 0.139. The molecule has 0 saturated heterocycles. The number of rotatable bonds is 2. The number of hydrogen-bond donors (Lipinski definition) is 1. The maximum absolute atomic E-state index is 12.0. The highest BCUT2D eigenvalue weighted by atomic mass is 19.3. The molecule has 0 saturated carbocycles. The third kappa shape index (κ3) is 1.81. The van der Waals surface area contributed by atoms with Crippen LogP contribution in [0.15, 0.2) is 35.3 Å². The molecule has 0 amide bonds. The van der Waals surface area contributed by atoms with Crippen LogP contribution in [-0.4, -0.2) is 11.6 Å². The van der Waals surface area contributed by atoms with Gasteiger partial charge >= 0.3 is 6.61 Å². The Balaban J connectivity index is 2.69. The van der Waals surface area contributed by atoms with Crippen LogP contribution in [0.25, 0.3) is 10.9 Å². The Kier molecular flexibility index (Phi) is 2.37. The van der Waals surface area contributed by atoms with Gasteiger partial charge < -0.3 is 9.72 Å².